The molecule has 31 heavy (non-hydrogen) atoms. The number of nitrogens with zero attached hydrogens (tertiary/aromatic N) is 3. The Morgan fingerprint density at radius 3 is 2.26 bits per heavy atom. The summed E-state index contributed by atoms with van der Waals surface area (Å²) in [6.45, 7) is 3.18. The van der Waals surface area contributed by atoms with Gasteiger partial charge in [-0.15, -0.1) is 0 Å². The van der Waals surface area contributed by atoms with Crippen LogP contribution >= 0.6 is 11.3 Å². The highest BCUT2D eigenvalue weighted by Gasteiger charge is 2.29. The molecule has 0 saturated carbocycles. The van der Waals surface area contributed by atoms with E-state index in [4.69, 9.17) is 4.42 Å². The second-order valence-corrected chi connectivity index (χ2v) is 9.60. The SMILES string of the molecule is Cc1nc(NS(=O)(=O)c2ccccc2)sc1C(=O)N1CCN(C(=O)c2ccco2)CC1. The number of rotatable bonds is 5. The van der Waals surface area contributed by atoms with E-state index in [0.29, 0.717) is 36.8 Å². The normalized spacial score (nSPS) is 14.5. The van der Waals surface area contributed by atoms with Crippen LogP contribution in [0.25, 0.3) is 0 Å². The van der Waals surface area contributed by atoms with Gasteiger partial charge in [0.2, 0.25) is 0 Å². The van der Waals surface area contributed by atoms with Crippen molar-refractivity contribution in [3.63, 3.8) is 0 Å². The maximum Gasteiger partial charge on any atom is 0.289 e. The number of sulfonamides is 1. The first-order valence-electron chi connectivity index (χ1n) is 9.52. The molecule has 1 aliphatic rings. The van der Waals surface area contributed by atoms with E-state index in [1.807, 2.05) is 0 Å². The summed E-state index contributed by atoms with van der Waals surface area (Å²) in [6.07, 6.45) is 1.45. The van der Waals surface area contributed by atoms with Gasteiger partial charge >= 0.3 is 0 Å². The molecule has 0 unspecified atom stereocenters. The quantitative estimate of drug-likeness (QED) is 0.626. The molecule has 0 atom stereocenters. The van der Waals surface area contributed by atoms with Crippen molar-refractivity contribution in [2.24, 2.45) is 0 Å². The third-order valence-corrected chi connectivity index (χ3v) is 7.40. The van der Waals surface area contributed by atoms with E-state index in [1.54, 1.807) is 47.1 Å². The van der Waals surface area contributed by atoms with E-state index in [1.165, 1.54) is 18.4 Å². The van der Waals surface area contributed by atoms with Crippen LogP contribution in [-0.2, 0) is 10.0 Å². The zero-order valence-corrected chi connectivity index (χ0v) is 18.3. The first kappa shape index (κ1) is 21.1. The molecule has 1 N–H and O–H groups in total. The Bertz CT molecular complexity index is 1180. The van der Waals surface area contributed by atoms with Gasteiger partial charge in [0.25, 0.3) is 21.8 Å². The van der Waals surface area contributed by atoms with Crippen LogP contribution in [-0.4, -0.2) is 61.2 Å². The number of benzene rings is 1. The van der Waals surface area contributed by atoms with E-state index in [0.717, 1.165) is 11.3 Å². The van der Waals surface area contributed by atoms with Crippen molar-refractivity contribution in [2.45, 2.75) is 11.8 Å². The number of nitrogens with one attached hydrogen (secondary N) is 1. The fourth-order valence-electron chi connectivity index (χ4n) is 3.22. The molecule has 2 aromatic heterocycles. The largest absolute Gasteiger partial charge is 0.459 e. The zero-order valence-electron chi connectivity index (χ0n) is 16.6. The highest BCUT2D eigenvalue weighted by atomic mass is 32.2. The maximum absolute atomic E-state index is 13.0. The second-order valence-electron chi connectivity index (χ2n) is 6.91. The Morgan fingerprint density at radius 1 is 1.00 bits per heavy atom. The molecule has 1 aromatic carbocycles. The number of carbonyl (C=O) groups is 2. The van der Waals surface area contributed by atoms with Crippen molar-refractivity contribution in [3.8, 4) is 0 Å². The summed E-state index contributed by atoms with van der Waals surface area (Å²) in [5.41, 5.74) is 0.454. The fourth-order valence-corrected chi connectivity index (χ4v) is 5.41. The van der Waals surface area contributed by atoms with E-state index in [9.17, 15) is 18.0 Å². The number of aromatic nitrogens is 1. The number of piperazine rings is 1. The maximum atomic E-state index is 13.0. The standard InChI is InChI=1S/C20H20N4O5S2/c1-14-17(30-20(21-14)22-31(27,28)15-6-3-2-4-7-15)19(26)24-11-9-23(10-12-24)18(25)16-8-5-13-29-16/h2-8,13H,9-12H2,1H3,(H,21,22). The van der Waals surface area contributed by atoms with Gasteiger partial charge in [-0.05, 0) is 31.2 Å². The minimum atomic E-state index is -3.79. The summed E-state index contributed by atoms with van der Waals surface area (Å²) in [7, 11) is -3.79. The van der Waals surface area contributed by atoms with Crippen LogP contribution in [0.3, 0.4) is 0 Å². The van der Waals surface area contributed by atoms with Crippen LogP contribution in [0.4, 0.5) is 5.13 Å². The topological polar surface area (TPSA) is 113 Å². The lowest BCUT2D eigenvalue weighted by atomic mass is 10.2. The average molecular weight is 461 g/mol. The van der Waals surface area contributed by atoms with Gasteiger partial charge in [0.05, 0.1) is 16.9 Å². The Labute approximate surface area is 183 Å². The van der Waals surface area contributed by atoms with Gasteiger partial charge in [0.15, 0.2) is 10.9 Å². The average Bonchev–Trinajstić information content (AvgIpc) is 3.43. The van der Waals surface area contributed by atoms with Gasteiger partial charge in [-0.1, -0.05) is 29.5 Å². The van der Waals surface area contributed by atoms with Gasteiger partial charge in [-0.3, -0.25) is 14.3 Å². The number of thiazole rings is 1. The summed E-state index contributed by atoms with van der Waals surface area (Å²) in [4.78, 5) is 33.3. The van der Waals surface area contributed by atoms with Gasteiger partial charge < -0.3 is 14.2 Å². The van der Waals surface area contributed by atoms with E-state index < -0.39 is 10.0 Å². The van der Waals surface area contributed by atoms with Gasteiger partial charge in [-0.2, -0.15) is 0 Å². The summed E-state index contributed by atoms with van der Waals surface area (Å²) in [6, 6.07) is 11.2. The Kier molecular flexibility index (Phi) is 5.79. The van der Waals surface area contributed by atoms with E-state index >= 15 is 0 Å². The number of aryl methyl sites for hydroxylation is 1. The van der Waals surface area contributed by atoms with Crippen molar-refractivity contribution in [1.82, 2.24) is 14.8 Å². The van der Waals surface area contributed by atoms with Crippen LogP contribution in [0.15, 0.2) is 58.0 Å². The van der Waals surface area contributed by atoms with Crippen LogP contribution < -0.4 is 4.72 Å². The summed E-state index contributed by atoms with van der Waals surface area (Å²) in [5, 5.41) is 0.135. The Morgan fingerprint density at radius 2 is 1.65 bits per heavy atom. The third-order valence-electron chi connectivity index (χ3n) is 4.85. The zero-order chi connectivity index (χ0) is 22.0. The monoisotopic (exact) mass is 460 g/mol. The Hall–Kier alpha value is -3.18. The number of anilines is 1. The molecule has 0 bridgehead atoms. The number of amides is 2. The summed E-state index contributed by atoms with van der Waals surface area (Å²) in [5.74, 6) is -0.164. The highest BCUT2D eigenvalue weighted by Crippen LogP contribution is 2.27. The molecular weight excluding hydrogens is 440 g/mol. The predicted molar refractivity (Wildman–Crippen MR) is 115 cm³/mol. The lowest BCUT2D eigenvalue weighted by molar-refractivity contribution is 0.0520. The minimum absolute atomic E-state index is 0.119. The molecule has 4 rings (SSSR count). The highest BCUT2D eigenvalue weighted by molar-refractivity contribution is 7.93. The third kappa shape index (κ3) is 4.47. The molecule has 11 heteroatoms. The number of carbonyl (C=O) groups excluding carboxylic acids is 2. The molecule has 2 amide bonds. The minimum Gasteiger partial charge on any atom is -0.459 e. The van der Waals surface area contributed by atoms with Crippen LogP contribution in [0.1, 0.15) is 25.9 Å². The van der Waals surface area contributed by atoms with Crippen LogP contribution in [0, 0.1) is 6.92 Å². The molecular formula is C20H20N4O5S2. The second kappa shape index (κ2) is 8.52. The van der Waals surface area contributed by atoms with Crippen molar-refractivity contribution >= 4 is 38.3 Å². The van der Waals surface area contributed by atoms with Gasteiger partial charge in [-0.25, -0.2) is 13.4 Å². The van der Waals surface area contributed by atoms with Crippen molar-refractivity contribution in [3.05, 3.63) is 65.1 Å². The number of hydrogen-bond acceptors (Lipinski definition) is 7. The van der Waals surface area contributed by atoms with Crippen molar-refractivity contribution < 1.29 is 22.4 Å². The lowest BCUT2D eigenvalue weighted by Crippen LogP contribution is -2.50. The molecule has 9 nitrogen and oxygen atoms in total. The molecule has 1 saturated heterocycles. The molecule has 0 radical (unpaired) electrons. The van der Waals surface area contributed by atoms with Crippen molar-refractivity contribution in [2.75, 3.05) is 30.9 Å². The molecule has 0 spiro atoms. The first-order valence-corrected chi connectivity index (χ1v) is 11.8. The molecule has 3 heterocycles. The Balaban J connectivity index is 1.42. The summed E-state index contributed by atoms with van der Waals surface area (Å²) >= 11 is 1.000. The van der Waals surface area contributed by atoms with E-state index in [2.05, 4.69) is 9.71 Å². The lowest BCUT2D eigenvalue weighted by Gasteiger charge is -2.34. The molecule has 0 aliphatic carbocycles. The predicted octanol–water partition coefficient (Wildman–Crippen LogP) is 2.44. The smallest absolute Gasteiger partial charge is 0.289 e. The molecule has 3 aromatic rings. The fraction of sp³-hybridized carbons (Fsp3) is 0.250. The number of furan rings is 1. The molecule has 1 aliphatic heterocycles. The van der Waals surface area contributed by atoms with Gasteiger partial charge in [0.1, 0.15) is 4.88 Å². The first-order chi connectivity index (χ1) is 14.8. The summed E-state index contributed by atoms with van der Waals surface area (Å²) < 4.78 is 32.6. The number of hydrogen-bond donors (Lipinski definition) is 1. The van der Waals surface area contributed by atoms with Crippen molar-refractivity contribution in [1.29, 1.82) is 0 Å². The van der Waals surface area contributed by atoms with Crippen LogP contribution in [0.2, 0.25) is 0 Å². The molecule has 162 valence electrons. The molecule has 1 fully saturated rings. The van der Waals surface area contributed by atoms with Crippen LogP contribution in [0.5, 0.6) is 0 Å². The van der Waals surface area contributed by atoms with Gasteiger partial charge in [0, 0.05) is 26.2 Å². The van der Waals surface area contributed by atoms with E-state index in [-0.39, 0.29) is 27.6 Å².